The highest BCUT2D eigenvalue weighted by Crippen LogP contribution is 2.45. The molecule has 39 heavy (non-hydrogen) atoms. The van der Waals surface area contributed by atoms with E-state index in [0.29, 0.717) is 6.42 Å². The van der Waals surface area contributed by atoms with Crippen LogP contribution in [0, 0.1) is 38.5 Å². The molecule has 0 saturated carbocycles. The highest BCUT2D eigenvalue weighted by Gasteiger charge is 2.34. The van der Waals surface area contributed by atoms with Crippen molar-refractivity contribution >= 4 is 5.97 Å². The van der Waals surface area contributed by atoms with Crippen LogP contribution >= 0.6 is 0 Å². The molecule has 3 nitrogen and oxygen atoms in total. The average molecular weight is 543 g/mol. The van der Waals surface area contributed by atoms with Crippen LogP contribution in [-0.4, -0.2) is 11.6 Å². The maximum atomic E-state index is 12.5. The number of unbranched alkanes of at least 4 members (excludes halogenated alkanes) is 3. The van der Waals surface area contributed by atoms with E-state index < -0.39 is 0 Å². The third-order valence-corrected chi connectivity index (χ3v) is 9.29. The smallest absolute Gasteiger partial charge is 0.311 e. The van der Waals surface area contributed by atoms with Crippen molar-refractivity contribution in [2.45, 2.75) is 171 Å². The zero-order valence-electron chi connectivity index (χ0n) is 27.3. The number of fused-ring (bicyclic) bond motifs is 1. The van der Waals surface area contributed by atoms with Gasteiger partial charge in [0.1, 0.15) is 17.1 Å². The molecule has 0 amide bonds. The predicted octanol–water partition coefficient (Wildman–Crippen LogP) is 11.0. The quantitative estimate of drug-likeness (QED) is 0.105. The van der Waals surface area contributed by atoms with Crippen LogP contribution in [0.15, 0.2) is 0 Å². The topological polar surface area (TPSA) is 35.5 Å². The van der Waals surface area contributed by atoms with E-state index in [4.69, 9.17) is 9.47 Å². The van der Waals surface area contributed by atoms with Crippen molar-refractivity contribution in [2.75, 3.05) is 0 Å². The molecular formula is C36H62O3. The summed E-state index contributed by atoms with van der Waals surface area (Å²) >= 11 is 0. The van der Waals surface area contributed by atoms with Crippen molar-refractivity contribution < 1.29 is 14.3 Å². The number of ether oxygens (including phenoxy) is 2. The number of rotatable bonds is 18. The van der Waals surface area contributed by atoms with Crippen LogP contribution in [0.25, 0.3) is 0 Å². The first-order valence-electron chi connectivity index (χ1n) is 16.5. The fourth-order valence-electron chi connectivity index (χ4n) is 6.27. The van der Waals surface area contributed by atoms with Gasteiger partial charge in [0, 0.05) is 12.0 Å². The van der Waals surface area contributed by atoms with Crippen LogP contribution in [0.5, 0.6) is 11.5 Å². The molecule has 0 aliphatic carbocycles. The van der Waals surface area contributed by atoms with E-state index in [9.17, 15) is 4.79 Å². The Kier molecular flexibility index (Phi) is 14.4. The van der Waals surface area contributed by atoms with Gasteiger partial charge in [-0.2, -0.15) is 0 Å². The summed E-state index contributed by atoms with van der Waals surface area (Å²) in [6, 6.07) is 0. The van der Waals surface area contributed by atoms with Gasteiger partial charge in [-0.1, -0.05) is 98.8 Å². The second kappa shape index (κ2) is 16.7. The first-order valence-corrected chi connectivity index (χ1v) is 16.5. The largest absolute Gasteiger partial charge is 0.487 e. The highest BCUT2D eigenvalue weighted by molar-refractivity contribution is 5.74. The first kappa shape index (κ1) is 33.7. The Balaban J connectivity index is 1.85. The summed E-state index contributed by atoms with van der Waals surface area (Å²) in [4.78, 5) is 12.5. The van der Waals surface area contributed by atoms with Crippen molar-refractivity contribution in [1.82, 2.24) is 0 Å². The van der Waals surface area contributed by atoms with Crippen molar-refractivity contribution in [1.29, 1.82) is 0 Å². The van der Waals surface area contributed by atoms with E-state index in [2.05, 4.69) is 62.3 Å². The first-order chi connectivity index (χ1) is 18.5. The lowest BCUT2D eigenvalue weighted by atomic mass is 9.83. The maximum Gasteiger partial charge on any atom is 0.311 e. The van der Waals surface area contributed by atoms with Gasteiger partial charge in [0.25, 0.3) is 0 Å². The molecule has 2 rings (SSSR count). The molecule has 0 fully saturated rings. The van der Waals surface area contributed by atoms with Crippen LogP contribution in [0.1, 0.15) is 160 Å². The third kappa shape index (κ3) is 11.1. The average Bonchev–Trinajstić information content (AvgIpc) is 2.87. The summed E-state index contributed by atoms with van der Waals surface area (Å²) in [6.07, 6.45) is 18.7. The molecule has 0 unspecified atom stereocenters. The molecule has 1 heterocycles. The fraction of sp³-hybridized carbons (Fsp3) is 0.806. The molecule has 224 valence electrons. The lowest BCUT2D eigenvalue weighted by Gasteiger charge is -2.38. The van der Waals surface area contributed by atoms with Crippen LogP contribution < -0.4 is 9.47 Å². The molecule has 0 aromatic heterocycles. The van der Waals surface area contributed by atoms with E-state index in [1.165, 1.54) is 69.8 Å². The van der Waals surface area contributed by atoms with Gasteiger partial charge < -0.3 is 9.47 Å². The summed E-state index contributed by atoms with van der Waals surface area (Å²) in [6.45, 7) is 20.3. The number of hydrogen-bond donors (Lipinski definition) is 0. The van der Waals surface area contributed by atoms with Gasteiger partial charge in [-0.15, -0.1) is 0 Å². The van der Waals surface area contributed by atoms with Crippen LogP contribution in [0.3, 0.4) is 0 Å². The van der Waals surface area contributed by atoms with Crippen molar-refractivity contribution in [2.24, 2.45) is 17.8 Å². The molecule has 1 aromatic carbocycles. The van der Waals surface area contributed by atoms with Gasteiger partial charge in [-0.3, -0.25) is 4.79 Å². The Labute approximate surface area is 242 Å². The maximum absolute atomic E-state index is 12.5. The molecular weight excluding hydrogens is 480 g/mol. The molecule has 0 radical (unpaired) electrons. The predicted molar refractivity (Wildman–Crippen MR) is 167 cm³/mol. The minimum Gasteiger partial charge on any atom is -0.487 e. The zero-order valence-corrected chi connectivity index (χ0v) is 27.3. The van der Waals surface area contributed by atoms with Crippen molar-refractivity contribution in [3.05, 3.63) is 22.3 Å². The molecule has 0 saturated heterocycles. The minimum absolute atomic E-state index is 0.104. The highest BCUT2D eigenvalue weighted by atomic mass is 16.5. The number of esters is 1. The zero-order chi connectivity index (χ0) is 29.0. The summed E-state index contributed by atoms with van der Waals surface area (Å²) in [5, 5.41) is 0. The molecule has 1 aliphatic rings. The summed E-state index contributed by atoms with van der Waals surface area (Å²) in [5.74, 6) is 4.20. The normalized spacial score (nSPS) is 18.5. The Bertz CT molecular complexity index is 886. The molecule has 1 aromatic rings. The van der Waals surface area contributed by atoms with Crippen LogP contribution in [0.4, 0.5) is 0 Å². The lowest BCUT2D eigenvalue weighted by Crippen LogP contribution is -2.37. The Morgan fingerprint density at radius 3 is 2.05 bits per heavy atom. The second-order valence-electron chi connectivity index (χ2n) is 13.7. The standard InChI is InChI=1S/C36H62O3/c1-10-11-12-13-22-33(37)38-34-29(6)30(7)35-32(31(34)8)23-25-36(9,39-35)24-16-21-28(5)20-15-19-27(4)18-14-17-26(2)3/h26-28H,10-25H2,1-9H3/t27-,28-,36-/m0/s1. The van der Waals surface area contributed by atoms with E-state index in [0.717, 1.165) is 78.0 Å². The molecule has 1 aliphatic heterocycles. The van der Waals surface area contributed by atoms with E-state index >= 15 is 0 Å². The van der Waals surface area contributed by atoms with Crippen LogP contribution in [0.2, 0.25) is 0 Å². The van der Waals surface area contributed by atoms with Crippen LogP contribution in [-0.2, 0) is 11.2 Å². The molecule has 0 spiro atoms. The van der Waals surface area contributed by atoms with Gasteiger partial charge in [0.15, 0.2) is 0 Å². The molecule has 3 heteroatoms. The summed E-state index contributed by atoms with van der Waals surface area (Å²) in [5.41, 5.74) is 4.39. The third-order valence-electron chi connectivity index (χ3n) is 9.29. The van der Waals surface area contributed by atoms with E-state index in [1.54, 1.807) is 0 Å². The summed E-state index contributed by atoms with van der Waals surface area (Å²) < 4.78 is 12.7. The number of hydrogen-bond acceptors (Lipinski definition) is 3. The monoisotopic (exact) mass is 542 g/mol. The van der Waals surface area contributed by atoms with Gasteiger partial charge in [-0.25, -0.2) is 0 Å². The number of carbonyl (C=O) groups excluding carboxylic acids is 1. The van der Waals surface area contributed by atoms with Gasteiger partial charge in [0.2, 0.25) is 0 Å². The molecule has 3 atom stereocenters. The van der Waals surface area contributed by atoms with Crippen molar-refractivity contribution in [3.63, 3.8) is 0 Å². The summed E-state index contributed by atoms with van der Waals surface area (Å²) in [7, 11) is 0. The van der Waals surface area contributed by atoms with Gasteiger partial charge in [0.05, 0.1) is 0 Å². The number of carbonyl (C=O) groups is 1. The molecule has 0 N–H and O–H groups in total. The lowest BCUT2D eigenvalue weighted by molar-refractivity contribution is -0.134. The van der Waals surface area contributed by atoms with E-state index in [1.807, 2.05) is 0 Å². The fourth-order valence-corrected chi connectivity index (χ4v) is 6.27. The van der Waals surface area contributed by atoms with Gasteiger partial charge >= 0.3 is 5.97 Å². The number of benzene rings is 1. The van der Waals surface area contributed by atoms with Gasteiger partial charge in [-0.05, 0) is 94.2 Å². The second-order valence-corrected chi connectivity index (χ2v) is 13.7. The Morgan fingerprint density at radius 1 is 0.821 bits per heavy atom. The van der Waals surface area contributed by atoms with E-state index in [-0.39, 0.29) is 11.6 Å². The Morgan fingerprint density at radius 2 is 1.44 bits per heavy atom. The van der Waals surface area contributed by atoms with Crippen molar-refractivity contribution in [3.8, 4) is 11.5 Å². The Hall–Kier alpha value is -1.51. The SMILES string of the molecule is CCCCCCC(=O)Oc1c(C)c(C)c2c(c1C)CC[C@](C)(CCC[C@@H](C)CCC[C@@H](C)CCCC(C)C)O2. The molecule has 0 bridgehead atoms. The minimum atomic E-state index is -0.112.